The van der Waals surface area contributed by atoms with Gasteiger partial charge >= 0.3 is 0 Å². The number of hydrogen-bond donors (Lipinski definition) is 1. The van der Waals surface area contributed by atoms with Gasteiger partial charge in [0.2, 0.25) is 0 Å². The second-order valence-electron chi connectivity index (χ2n) is 9.48. The SMILES string of the molecule is COCC[C@]12CC[C@@H](O)CC1=CC[C@@H]1[C@@H]2CC[C@]2(C)[C@@H](OC)CC[C@@H]12. The highest BCUT2D eigenvalue weighted by molar-refractivity contribution is 5.26. The van der Waals surface area contributed by atoms with Crippen LogP contribution in [0.3, 0.4) is 0 Å². The number of methoxy groups -OCH3 is 2. The van der Waals surface area contributed by atoms with Crippen LogP contribution in [0.2, 0.25) is 0 Å². The second-order valence-corrected chi connectivity index (χ2v) is 9.48. The fourth-order valence-electron chi connectivity index (χ4n) is 7.53. The van der Waals surface area contributed by atoms with E-state index in [1.807, 2.05) is 14.2 Å². The van der Waals surface area contributed by atoms with Crippen molar-refractivity contribution < 1.29 is 14.6 Å². The molecule has 0 aromatic rings. The van der Waals surface area contributed by atoms with Crippen LogP contribution in [-0.2, 0) is 9.47 Å². The van der Waals surface area contributed by atoms with Crippen LogP contribution in [0.5, 0.6) is 0 Å². The van der Waals surface area contributed by atoms with Crippen molar-refractivity contribution in [2.24, 2.45) is 28.6 Å². The summed E-state index contributed by atoms with van der Waals surface area (Å²) in [5.74, 6) is 2.39. The molecule has 3 nitrogen and oxygen atoms in total. The molecule has 142 valence electrons. The van der Waals surface area contributed by atoms with Gasteiger partial charge in [-0.2, -0.15) is 0 Å². The molecule has 0 aliphatic heterocycles. The van der Waals surface area contributed by atoms with Gasteiger partial charge in [-0.1, -0.05) is 18.6 Å². The summed E-state index contributed by atoms with van der Waals surface area (Å²) in [5, 5.41) is 10.3. The maximum Gasteiger partial charge on any atom is 0.0627 e. The molecular formula is C22H36O3. The lowest BCUT2D eigenvalue weighted by atomic mass is 9.46. The lowest BCUT2D eigenvalue weighted by Crippen LogP contribution is -2.52. The van der Waals surface area contributed by atoms with E-state index in [1.54, 1.807) is 5.57 Å². The zero-order chi connectivity index (χ0) is 17.7. The Labute approximate surface area is 153 Å². The molecule has 4 aliphatic carbocycles. The van der Waals surface area contributed by atoms with Crippen molar-refractivity contribution in [3.63, 3.8) is 0 Å². The summed E-state index contributed by atoms with van der Waals surface area (Å²) in [6.07, 6.45) is 13.4. The third-order valence-corrected chi connectivity index (χ3v) is 8.75. The molecule has 25 heavy (non-hydrogen) atoms. The summed E-state index contributed by atoms with van der Waals surface area (Å²) in [7, 11) is 3.74. The molecule has 0 radical (unpaired) electrons. The molecule has 7 atom stereocenters. The molecule has 4 rings (SSSR count). The topological polar surface area (TPSA) is 38.7 Å². The molecule has 3 heteroatoms. The average molecular weight is 349 g/mol. The van der Waals surface area contributed by atoms with Gasteiger partial charge in [0.05, 0.1) is 12.2 Å². The summed E-state index contributed by atoms with van der Waals surface area (Å²) in [6.45, 7) is 3.35. The van der Waals surface area contributed by atoms with Crippen LogP contribution in [0, 0.1) is 28.6 Å². The van der Waals surface area contributed by atoms with Crippen molar-refractivity contribution in [2.75, 3.05) is 20.8 Å². The molecule has 0 spiro atoms. The minimum atomic E-state index is -0.128. The van der Waals surface area contributed by atoms with Gasteiger partial charge in [0.1, 0.15) is 0 Å². The van der Waals surface area contributed by atoms with Crippen molar-refractivity contribution in [3.8, 4) is 0 Å². The molecule has 0 saturated heterocycles. The molecule has 4 aliphatic rings. The van der Waals surface area contributed by atoms with Crippen LogP contribution >= 0.6 is 0 Å². The Morgan fingerprint density at radius 3 is 2.72 bits per heavy atom. The molecule has 0 heterocycles. The molecule has 0 unspecified atom stereocenters. The highest BCUT2D eigenvalue weighted by Crippen LogP contribution is 2.66. The van der Waals surface area contributed by atoms with Crippen molar-refractivity contribution in [2.45, 2.75) is 76.9 Å². The van der Waals surface area contributed by atoms with E-state index >= 15 is 0 Å². The molecule has 3 saturated carbocycles. The van der Waals surface area contributed by atoms with Gasteiger partial charge < -0.3 is 14.6 Å². The van der Waals surface area contributed by atoms with E-state index in [1.165, 1.54) is 32.1 Å². The lowest BCUT2D eigenvalue weighted by Gasteiger charge is -2.59. The Morgan fingerprint density at radius 1 is 1.12 bits per heavy atom. The third kappa shape index (κ3) is 2.64. The zero-order valence-corrected chi connectivity index (χ0v) is 16.3. The second kappa shape index (κ2) is 6.65. The van der Waals surface area contributed by atoms with E-state index in [-0.39, 0.29) is 6.10 Å². The molecule has 3 fully saturated rings. The van der Waals surface area contributed by atoms with E-state index in [2.05, 4.69) is 13.0 Å². The third-order valence-electron chi connectivity index (χ3n) is 8.75. The van der Waals surface area contributed by atoms with E-state index < -0.39 is 0 Å². The van der Waals surface area contributed by atoms with Crippen molar-refractivity contribution in [1.29, 1.82) is 0 Å². The van der Waals surface area contributed by atoms with Crippen molar-refractivity contribution in [1.82, 2.24) is 0 Å². The fourth-order valence-corrected chi connectivity index (χ4v) is 7.53. The minimum absolute atomic E-state index is 0.128. The van der Waals surface area contributed by atoms with Crippen molar-refractivity contribution >= 4 is 0 Å². The first-order chi connectivity index (χ1) is 12.0. The van der Waals surface area contributed by atoms with Crippen LogP contribution in [0.15, 0.2) is 11.6 Å². The lowest BCUT2D eigenvalue weighted by molar-refractivity contribution is -0.0908. The van der Waals surface area contributed by atoms with Crippen LogP contribution in [0.1, 0.15) is 64.7 Å². The van der Waals surface area contributed by atoms with Crippen LogP contribution in [0.25, 0.3) is 0 Å². The van der Waals surface area contributed by atoms with E-state index in [0.29, 0.717) is 16.9 Å². The summed E-state index contributed by atoms with van der Waals surface area (Å²) >= 11 is 0. The summed E-state index contributed by atoms with van der Waals surface area (Å²) in [5.41, 5.74) is 2.23. The summed E-state index contributed by atoms with van der Waals surface area (Å²) < 4.78 is 11.4. The summed E-state index contributed by atoms with van der Waals surface area (Å²) in [6, 6.07) is 0. The van der Waals surface area contributed by atoms with Gasteiger partial charge in [-0.25, -0.2) is 0 Å². The van der Waals surface area contributed by atoms with Gasteiger partial charge in [0.25, 0.3) is 0 Å². The molecule has 0 aromatic carbocycles. The Kier molecular flexibility index (Phi) is 4.79. The van der Waals surface area contributed by atoms with E-state index in [4.69, 9.17) is 9.47 Å². The quantitative estimate of drug-likeness (QED) is 0.768. The number of hydrogen-bond acceptors (Lipinski definition) is 3. The Morgan fingerprint density at radius 2 is 1.96 bits per heavy atom. The molecule has 0 amide bonds. The monoisotopic (exact) mass is 348 g/mol. The molecule has 1 N–H and O–H groups in total. The minimum Gasteiger partial charge on any atom is -0.393 e. The Balaban J connectivity index is 1.67. The molecular weight excluding hydrogens is 312 g/mol. The first kappa shape index (κ1) is 18.0. The normalized spacial score (nSPS) is 49.1. The first-order valence-electron chi connectivity index (χ1n) is 10.4. The largest absolute Gasteiger partial charge is 0.393 e. The smallest absolute Gasteiger partial charge is 0.0627 e. The zero-order valence-electron chi connectivity index (χ0n) is 16.3. The predicted octanol–water partition coefficient (Wildman–Crippen LogP) is 4.34. The standard InChI is InChI=1S/C22H36O3/c1-21-10-9-19-17(18(21)6-7-20(21)25-3)5-4-15-14-16(23)8-11-22(15,19)12-13-24-2/h4,16-20,23H,5-14H2,1-3H3/t16-,17+,18+,19+,20+,21+,22-/m1/s1. The van der Waals surface area contributed by atoms with Gasteiger partial charge in [-0.15, -0.1) is 0 Å². The number of rotatable bonds is 4. The number of aliphatic hydroxyl groups excluding tert-OH is 1. The maximum absolute atomic E-state index is 10.3. The maximum atomic E-state index is 10.3. The van der Waals surface area contributed by atoms with Crippen LogP contribution in [0.4, 0.5) is 0 Å². The molecule has 0 bridgehead atoms. The fraction of sp³-hybridized carbons (Fsp3) is 0.909. The van der Waals surface area contributed by atoms with E-state index in [0.717, 1.165) is 50.0 Å². The average Bonchev–Trinajstić information content (AvgIpc) is 2.96. The number of allylic oxidation sites excluding steroid dienone is 1. The number of aliphatic hydroxyl groups is 1. The number of fused-ring (bicyclic) bond motifs is 5. The van der Waals surface area contributed by atoms with Crippen LogP contribution in [-0.4, -0.2) is 38.1 Å². The highest BCUT2D eigenvalue weighted by Gasteiger charge is 2.59. The Bertz CT molecular complexity index is 525. The van der Waals surface area contributed by atoms with E-state index in [9.17, 15) is 5.11 Å². The van der Waals surface area contributed by atoms with Gasteiger partial charge in [-0.3, -0.25) is 0 Å². The number of ether oxygens (including phenoxy) is 2. The van der Waals surface area contributed by atoms with Crippen LogP contribution < -0.4 is 0 Å². The predicted molar refractivity (Wildman–Crippen MR) is 99.3 cm³/mol. The van der Waals surface area contributed by atoms with Gasteiger partial charge in [0, 0.05) is 20.8 Å². The highest BCUT2D eigenvalue weighted by atomic mass is 16.5. The van der Waals surface area contributed by atoms with Crippen molar-refractivity contribution in [3.05, 3.63) is 11.6 Å². The molecule has 0 aromatic heterocycles. The summed E-state index contributed by atoms with van der Waals surface area (Å²) in [4.78, 5) is 0. The van der Waals surface area contributed by atoms with Gasteiger partial charge in [-0.05, 0) is 86.4 Å². The first-order valence-corrected chi connectivity index (χ1v) is 10.4. The van der Waals surface area contributed by atoms with Gasteiger partial charge in [0.15, 0.2) is 0 Å². The Hall–Kier alpha value is -0.380.